The van der Waals surface area contributed by atoms with Crippen LogP contribution in [0.2, 0.25) is 0 Å². The van der Waals surface area contributed by atoms with E-state index in [4.69, 9.17) is 0 Å². The highest BCUT2D eigenvalue weighted by Gasteiger charge is 2.42. The topological polar surface area (TPSA) is 43.7 Å². The molecule has 1 heterocycles. The Kier molecular flexibility index (Phi) is 4.89. The summed E-state index contributed by atoms with van der Waals surface area (Å²) in [6.45, 7) is 1.58. The van der Waals surface area contributed by atoms with Crippen molar-refractivity contribution < 1.29 is 10.2 Å². The maximum atomic E-state index is 10.5. The number of rotatable bonds is 4. The van der Waals surface area contributed by atoms with E-state index in [0.29, 0.717) is 18.5 Å². The molecule has 2 fully saturated rings. The molecule has 0 radical (unpaired) electrons. The second kappa shape index (κ2) is 7.28. The lowest BCUT2D eigenvalue weighted by Gasteiger charge is -2.48. The fourth-order valence-electron chi connectivity index (χ4n) is 4.67. The monoisotopic (exact) mass is 337 g/mol. The largest absolute Gasteiger partial charge is 0.393 e. The predicted octanol–water partition coefficient (Wildman–Crippen LogP) is 3.02. The molecule has 3 nitrogen and oxygen atoms in total. The van der Waals surface area contributed by atoms with Crippen LogP contribution in [0.4, 0.5) is 0 Å². The lowest BCUT2D eigenvalue weighted by atomic mass is 9.75. The molecule has 1 saturated carbocycles. The molecule has 0 amide bonds. The van der Waals surface area contributed by atoms with Gasteiger partial charge in [-0.25, -0.2) is 0 Å². The summed E-state index contributed by atoms with van der Waals surface area (Å²) in [6.07, 6.45) is 2.01. The quantitative estimate of drug-likeness (QED) is 0.901. The molecular formula is C22H27NO2. The number of benzene rings is 2. The maximum absolute atomic E-state index is 10.5. The third-order valence-corrected chi connectivity index (χ3v) is 6.09. The molecular weight excluding hydrogens is 310 g/mol. The average Bonchev–Trinajstić information content (AvgIpc) is 2.66. The molecule has 132 valence electrons. The maximum Gasteiger partial charge on any atom is 0.0720 e. The number of likely N-dealkylation sites (tertiary alicyclic amines) is 1. The van der Waals surface area contributed by atoms with Crippen molar-refractivity contribution in [3.8, 4) is 0 Å². The number of hydrogen-bond donors (Lipinski definition) is 2. The number of nitrogens with zero attached hydrogens (tertiary/aromatic N) is 1. The van der Waals surface area contributed by atoms with Crippen LogP contribution >= 0.6 is 0 Å². The van der Waals surface area contributed by atoms with Gasteiger partial charge in [-0.05, 0) is 30.4 Å². The summed E-state index contributed by atoms with van der Waals surface area (Å²) in [6, 6.07) is 21.8. The number of piperidine rings is 1. The van der Waals surface area contributed by atoms with Gasteiger partial charge in [-0.1, -0.05) is 60.7 Å². The van der Waals surface area contributed by atoms with Crippen LogP contribution in [0, 0.1) is 5.92 Å². The highest BCUT2D eigenvalue weighted by atomic mass is 16.3. The fourth-order valence-corrected chi connectivity index (χ4v) is 4.67. The first-order valence-corrected chi connectivity index (χ1v) is 9.42. The van der Waals surface area contributed by atoms with Gasteiger partial charge in [0.15, 0.2) is 0 Å². The van der Waals surface area contributed by atoms with E-state index in [1.54, 1.807) is 0 Å². The van der Waals surface area contributed by atoms with E-state index in [1.165, 1.54) is 11.1 Å². The van der Waals surface area contributed by atoms with Gasteiger partial charge in [0.25, 0.3) is 0 Å². The summed E-state index contributed by atoms with van der Waals surface area (Å²) < 4.78 is 0. The first kappa shape index (κ1) is 16.8. The van der Waals surface area contributed by atoms with E-state index in [2.05, 4.69) is 65.6 Å². The van der Waals surface area contributed by atoms with E-state index in [0.717, 1.165) is 25.8 Å². The Bertz CT molecular complexity index is 635. The van der Waals surface area contributed by atoms with E-state index in [9.17, 15) is 10.2 Å². The van der Waals surface area contributed by atoms with Gasteiger partial charge in [-0.2, -0.15) is 0 Å². The van der Waals surface area contributed by atoms with Gasteiger partial charge >= 0.3 is 0 Å². The smallest absolute Gasteiger partial charge is 0.0720 e. The van der Waals surface area contributed by atoms with Crippen LogP contribution in [-0.4, -0.2) is 46.5 Å². The normalized spacial score (nSPS) is 29.7. The van der Waals surface area contributed by atoms with Crippen molar-refractivity contribution in [2.24, 2.45) is 5.92 Å². The first-order chi connectivity index (χ1) is 12.2. The summed E-state index contributed by atoms with van der Waals surface area (Å²) >= 11 is 0. The Morgan fingerprint density at radius 3 is 2.04 bits per heavy atom. The van der Waals surface area contributed by atoms with Crippen LogP contribution in [0.1, 0.15) is 36.3 Å². The Morgan fingerprint density at radius 1 is 0.840 bits per heavy atom. The van der Waals surface area contributed by atoms with Crippen molar-refractivity contribution in [3.05, 3.63) is 71.8 Å². The molecule has 0 aromatic heterocycles. The van der Waals surface area contributed by atoms with Crippen molar-refractivity contribution in [2.45, 2.75) is 43.4 Å². The second-order valence-electron chi connectivity index (χ2n) is 7.59. The molecule has 2 aromatic rings. The van der Waals surface area contributed by atoms with E-state index >= 15 is 0 Å². The van der Waals surface area contributed by atoms with E-state index < -0.39 is 6.10 Å². The molecule has 2 unspecified atom stereocenters. The number of aliphatic hydroxyl groups is 2. The van der Waals surface area contributed by atoms with Gasteiger partial charge in [0.1, 0.15) is 0 Å². The summed E-state index contributed by atoms with van der Waals surface area (Å²) in [5.74, 6) is 0.361. The van der Waals surface area contributed by atoms with Crippen LogP contribution in [0.3, 0.4) is 0 Å². The number of β-amino-alcohol motifs (C(OH)–C–C–N with tert-alkyl or cyclic N) is 1. The van der Waals surface area contributed by atoms with Crippen LogP contribution in [0.15, 0.2) is 60.7 Å². The first-order valence-electron chi connectivity index (χ1n) is 9.42. The van der Waals surface area contributed by atoms with Crippen molar-refractivity contribution in [1.29, 1.82) is 0 Å². The molecule has 2 N–H and O–H groups in total. The molecule has 0 spiro atoms. The van der Waals surface area contributed by atoms with Crippen LogP contribution in [0.5, 0.6) is 0 Å². The molecule has 25 heavy (non-hydrogen) atoms. The molecule has 2 aromatic carbocycles. The van der Waals surface area contributed by atoms with E-state index in [1.807, 2.05) is 0 Å². The van der Waals surface area contributed by atoms with Crippen molar-refractivity contribution in [3.63, 3.8) is 0 Å². The molecule has 3 heteroatoms. The number of hydrogen-bond acceptors (Lipinski definition) is 3. The van der Waals surface area contributed by atoms with Crippen LogP contribution in [-0.2, 0) is 0 Å². The van der Waals surface area contributed by atoms with Gasteiger partial charge in [0.2, 0.25) is 0 Å². The van der Waals surface area contributed by atoms with Crippen LogP contribution in [0.25, 0.3) is 0 Å². The molecule has 1 aliphatic carbocycles. The van der Waals surface area contributed by atoms with Gasteiger partial charge < -0.3 is 10.2 Å². The highest BCUT2D eigenvalue weighted by Crippen LogP contribution is 2.37. The minimum absolute atomic E-state index is 0.0573. The van der Waals surface area contributed by atoms with Gasteiger partial charge in [-0.15, -0.1) is 0 Å². The summed E-state index contributed by atoms with van der Waals surface area (Å²) in [4.78, 5) is 2.46. The zero-order valence-electron chi connectivity index (χ0n) is 14.5. The third-order valence-electron chi connectivity index (χ3n) is 6.09. The van der Waals surface area contributed by atoms with Gasteiger partial charge in [0, 0.05) is 31.0 Å². The standard InChI is InChI=1S/C22H27NO2/c24-21-12-11-18-13-19(21)22(25)15-23(18)14-20(16-7-3-1-4-8-16)17-9-5-2-6-10-17/h1-10,18-22,24-25H,11-15H2/t18?,19?,21-,22-/m0/s1. The number of fused-ring (bicyclic) bond motifs is 2. The Morgan fingerprint density at radius 2 is 1.44 bits per heavy atom. The van der Waals surface area contributed by atoms with Crippen molar-refractivity contribution in [1.82, 2.24) is 4.90 Å². The fraction of sp³-hybridized carbons (Fsp3) is 0.455. The minimum atomic E-state index is -0.418. The second-order valence-corrected chi connectivity index (χ2v) is 7.59. The zero-order valence-corrected chi connectivity index (χ0v) is 14.5. The molecule has 2 aliphatic rings. The Hall–Kier alpha value is -1.68. The summed E-state index contributed by atoms with van der Waals surface area (Å²) in [5, 5.41) is 20.7. The van der Waals surface area contributed by atoms with Gasteiger partial charge in [-0.3, -0.25) is 4.90 Å². The summed E-state index contributed by atoms with van der Waals surface area (Å²) in [7, 11) is 0. The molecule has 1 aliphatic heterocycles. The van der Waals surface area contributed by atoms with Crippen LogP contribution < -0.4 is 0 Å². The van der Waals surface area contributed by atoms with Gasteiger partial charge in [0.05, 0.1) is 12.2 Å². The lowest BCUT2D eigenvalue weighted by molar-refractivity contribution is -0.0899. The lowest BCUT2D eigenvalue weighted by Crippen LogP contribution is -2.56. The third kappa shape index (κ3) is 3.50. The SMILES string of the molecule is O[C@H]1CCC2CC1[C@@H](O)CN2CC(c1ccccc1)c1ccccc1. The molecule has 4 atom stereocenters. The zero-order chi connectivity index (χ0) is 17.2. The highest BCUT2D eigenvalue weighted by molar-refractivity contribution is 5.33. The molecule has 1 saturated heterocycles. The Balaban J connectivity index is 1.59. The average molecular weight is 337 g/mol. The predicted molar refractivity (Wildman–Crippen MR) is 99.4 cm³/mol. The van der Waals surface area contributed by atoms with Crippen molar-refractivity contribution in [2.75, 3.05) is 13.1 Å². The van der Waals surface area contributed by atoms with E-state index in [-0.39, 0.29) is 12.0 Å². The minimum Gasteiger partial charge on any atom is -0.393 e. The molecule has 2 bridgehead atoms. The Labute approximate surface area is 149 Å². The molecule has 4 rings (SSSR count). The summed E-state index contributed by atoms with van der Waals surface area (Å²) in [5.41, 5.74) is 2.64. The number of aliphatic hydroxyl groups excluding tert-OH is 2. The van der Waals surface area contributed by atoms with Crippen molar-refractivity contribution >= 4 is 0 Å².